The second-order valence-electron chi connectivity index (χ2n) is 5.67. The Hall–Kier alpha value is -1.49. The highest BCUT2D eigenvalue weighted by molar-refractivity contribution is 6.31. The van der Waals surface area contributed by atoms with Gasteiger partial charge in [0.1, 0.15) is 5.69 Å². The van der Waals surface area contributed by atoms with Crippen LogP contribution in [0.3, 0.4) is 0 Å². The molecule has 0 saturated heterocycles. The van der Waals surface area contributed by atoms with Gasteiger partial charge in [-0.1, -0.05) is 18.0 Å². The van der Waals surface area contributed by atoms with Gasteiger partial charge >= 0.3 is 5.97 Å². The van der Waals surface area contributed by atoms with Gasteiger partial charge in [-0.15, -0.1) is 0 Å². The molecule has 2 N–H and O–H groups in total. The normalized spacial score (nSPS) is 16.8. The van der Waals surface area contributed by atoms with Gasteiger partial charge in [0.25, 0.3) is 5.91 Å². The predicted octanol–water partition coefficient (Wildman–Crippen LogP) is 2.71. The minimum absolute atomic E-state index is 0.111. The van der Waals surface area contributed by atoms with E-state index in [9.17, 15) is 14.7 Å². The summed E-state index contributed by atoms with van der Waals surface area (Å²) in [6.45, 7) is 4.08. The zero-order valence-corrected chi connectivity index (χ0v) is 12.4. The van der Waals surface area contributed by atoms with Crippen LogP contribution in [0.4, 0.5) is 0 Å². The third kappa shape index (κ3) is 2.68. The molecule has 1 heterocycles. The maximum absolute atomic E-state index is 12.2. The van der Waals surface area contributed by atoms with Crippen LogP contribution in [0.1, 0.15) is 49.6 Å². The minimum atomic E-state index is -0.832. The summed E-state index contributed by atoms with van der Waals surface area (Å²) in [5.74, 6) is -1.11. The number of aromatic nitrogens is 1. The van der Waals surface area contributed by atoms with Gasteiger partial charge in [-0.25, -0.2) is 0 Å². The van der Waals surface area contributed by atoms with E-state index in [1.54, 1.807) is 16.8 Å². The molecule has 1 aliphatic rings. The number of nitrogens with one attached hydrogen (secondary N) is 1. The largest absolute Gasteiger partial charge is 0.481 e. The fourth-order valence-electron chi connectivity index (χ4n) is 2.46. The molecule has 0 spiro atoms. The van der Waals surface area contributed by atoms with Crippen LogP contribution in [-0.2, 0) is 4.79 Å². The van der Waals surface area contributed by atoms with Crippen LogP contribution >= 0.6 is 11.6 Å². The van der Waals surface area contributed by atoms with E-state index in [1.807, 2.05) is 13.8 Å². The Kier molecular flexibility index (Phi) is 4.09. The molecule has 0 bridgehead atoms. The molecule has 0 unspecified atom stereocenters. The molecular formula is C14H19ClN2O3. The van der Waals surface area contributed by atoms with E-state index < -0.39 is 11.4 Å². The number of hydrogen-bond donors (Lipinski definition) is 2. The van der Waals surface area contributed by atoms with Gasteiger partial charge in [-0.2, -0.15) is 0 Å². The molecular weight excluding hydrogens is 280 g/mol. The van der Waals surface area contributed by atoms with E-state index in [-0.39, 0.29) is 18.5 Å². The first-order chi connectivity index (χ1) is 9.35. The van der Waals surface area contributed by atoms with Crippen LogP contribution in [0.2, 0.25) is 5.02 Å². The smallest absolute Gasteiger partial charge is 0.311 e. The van der Waals surface area contributed by atoms with Crippen molar-refractivity contribution in [2.75, 3.05) is 6.54 Å². The van der Waals surface area contributed by atoms with Crippen LogP contribution in [0.5, 0.6) is 0 Å². The number of hydrogen-bond acceptors (Lipinski definition) is 2. The molecule has 0 aromatic carbocycles. The minimum Gasteiger partial charge on any atom is -0.481 e. The predicted molar refractivity (Wildman–Crippen MR) is 76.1 cm³/mol. The lowest BCUT2D eigenvalue weighted by Gasteiger charge is -2.37. The molecule has 1 aromatic heterocycles. The fraction of sp³-hybridized carbons (Fsp3) is 0.571. The highest BCUT2D eigenvalue weighted by Crippen LogP contribution is 2.40. The van der Waals surface area contributed by atoms with E-state index >= 15 is 0 Å². The van der Waals surface area contributed by atoms with E-state index in [4.69, 9.17) is 11.6 Å². The highest BCUT2D eigenvalue weighted by Gasteiger charge is 2.44. The zero-order valence-electron chi connectivity index (χ0n) is 11.6. The van der Waals surface area contributed by atoms with Gasteiger partial charge in [-0.3, -0.25) is 9.59 Å². The molecule has 2 rings (SSSR count). The Morgan fingerprint density at radius 3 is 2.60 bits per heavy atom. The van der Waals surface area contributed by atoms with Crippen LogP contribution in [-0.4, -0.2) is 28.1 Å². The Morgan fingerprint density at radius 1 is 1.50 bits per heavy atom. The number of halogens is 1. The molecule has 1 saturated carbocycles. The quantitative estimate of drug-likeness (QED) is 0.878. The first-order valence-corrected chi connectivity index (χ1v) is 7.12. The molecule has 0 radical (unpaired) electrons. The Morgan fingerprint density at radius 2 is 2.15 bits per heavy atom. The summed E-state index contributed by atoms with van der Waals surface area (Å²) in [6, 6.07) is 1.71. The summed E-state index contributed by atoms with van der Waals surface area (Å²) in [6.07, 6.45) is 3.84. The lowest BCUT2D eigenvalue weighted by Crippen LogP contribution is -2.47. The SMILES string of the molecule is CC(C)n1cc(Cl)cc1C(=O)NCC1(C(=O)O)CCC1. The van der Waals surface area contributed by atoms with Crippen molar-refractivity contribution in [1.82, 2.24) is 9.88 Å². The third-order valence-corrected chi connectivity index (χ3v) is 4.16. The fourth-order valence-corrected chi connectivity index (χ4v) is 2.67. The van der Waals surface area contributed by atoms with E-state index in [0.717, 1.165) is 6.42 Å². The Balaban J connectivity index is 2.07. The molecule has 1 fully saturated rings. The van der Waals surface area contributed by atoms with Crippen molar-refractivity contribution in [1.29, 1.82) is 0 Å². The average Bonchev–Trinajstić information content (AvgIpc) is 2.69. The summed E-state index contributed by atoms with van der Waals surface area (Å²) < 4.78 is 1.78. The van der Waals surface area contributed by atoms with E-state index in [1.165, 1.54) is 0 Å². The second kappa shape index (κ2) is 5.48. The molecule has 0 aliphatic heterocycles. The standard InChI is InChI=1S/C14H19ClN2O3/c1-9(2)17-7-10(15)6-11(17)12(18)16-8-14(13(19)20)4-3-5-14/h6-7,9H,3-5,8H2,1-2H3,(H,16,18)(H,19,20). The second-order valence-corrected chi connectivity index (χ2v) is 6.10. The van der Waals surface area contributed by atoms with E-state index in [0.29, 0.717) is 23.6 Å². The first-order valence-electron chi connectivity index (χ1n) is 6.75. The van der Waals surface area contributed by atoms with Crippen LogP contribution in [0, 0.1) is 5.41 Å². The van der Waals surface area contributed by atoms with Gasteiger partial charge in [-0.05, 0) is 32.8 Å². The van der Waals surface area contributed by atoms with Gasteiger partial charge in [0.2, 0.25) is 0 Å². The molecule has 1 aliphatic carbocycles. The Bertz CT molecular complexity index is 533. The molecule has 20 heavy (non-hydrogen) atoms. The molecule has 1 aromatic rings. The monoisotopic (exact) mass is 298 g/mol. The number of amides is 1. The molecule has 5 nitrogen and oxygen atoms in total. The number of nitrogens with zero attached hydrogens (tertiary/aromatic N) is 1. The maximum Gasteiger partial charge on any atom is 0.311 e. The molecule has 110 valence electrons. The first kappa shape index (κ1) is 14.9. The lowest BCUT2D eigenvalue weighted by molar-refractivity contribution is -0.153. The molecule has 1 amide bonds. The van der Waals surface area contributed by atoms with Crippen molar-refractivity contribution >= 4 is 23.5 Å². The average molecular weight is 299 g/mol. The van der Waals surface area contributed by atoms with Gasteiger partial charge in [0.15, 0.2) is 0 Å². The molecule has 6 heteroatoms. The topological polar surface area (TPSA) is 71.3 Å². The summed E-state index contributed by atoms with van der Waals surface area (Å²) >= 11 is 5.94. The molecule has 0 atom stereocenters. The van der Waals surface area contributed by atoms with Crippen molar-refractivity contribution < 1.29 is 14.7 Å². The Labute approximate surface area is 122 Å². The van der Waals surface area contributed by atoms with Gasteiger partial charge in [0.05, 0.1) is 10.4 Å². The lowest BCUT2D eigenvalue weighted by atomic mass is 9.69. The number of carbonyl (C=O) groups excluding carboxylic acids is 1. The van der Waals surface area contributed by atoms with Crippen molar-refractivity contribution in [2.45, 2.75) is 39.2 Å². The van der Waals surface area contributed by atoms with Crippen LogP contribution < -0.4 is 5.32 Å². The number of carbonyl (C=O) groups is 2. The van der Waals surface area contributed by atoms with Crippen LogP contribution in [0.15, 0.2) is 12.3 Å². The van der Waals surface area contributed by atoms with Gasteiger partial charge in [0, 0.05) is 18.8 Å². The summed E-state index contributed by atoms with van der Waals surface area (Å²) in [7, 11) is 0. The van der Waals surface area contributed by atoms with Gasteiger partial charge < -0.3 is 15.0 Å². The van der Waals surface area contributed by atoms with Crippen molar-refractivity contribution in [2.24, 2.45) is 5.41 Å². The number of rotatable bonds is 5. The number of carboxylic acids is 1. The highest BCUT2D eigenvalue weighted by atomic mass is 35.5. The summed E-state index contributed by atoms with van der Waals surface area (Å²) in [4.78, 5) is 23.5. The van der Waals surface area contributed by atoms with E-state index in [2.05, 4.69) is 5.32 Å². The van der Waals surface area contributed by atoms with Crippen LogP contribution in [0.25, 0.3) is 0 Å². The summed E-state index contributed by atoms with van der Waals surface area (Å²) in [5.41, 5.74) is -0.320. The third-order valence-electron chi connectivity index (χ3n) is 3.96. The van der Waals surface area contributed by atoms with Crippen molar-refractivity contribution in [3.05, 3.63) is 23.0 Å². The van der Waals surface area contributed by atoms with Crippen molar-refractivity contribution in [3.8, 4) is 0 Å². The zero-order chi connectivity index (χ0) is 14.9. The maximum atomic E-state index is 12.2. The number of aliphatic carboxylic acids is 1. The van der Waals surface area contributed by atoms with Crippen molar-refractivity contribution in [3.63, 3.8) is 0 Å². The number of carboxylic acid groups (broad SMARTS) is 1. The summed E-state index contributed by atoms with van der Waals surface area (Å²) in [5, 5.41) is 12.5.